The van der Waals surface area contributed by atoms with Crippen LogP contribution in [0.25, 0.3) is 0 Å². The van der Waals surface area contributed by atoms with E-state index in [9.17, 15) is 18.4 Å². The van der Waals surface area contributed by atoms with Gasteiger partial charge in [0.2, 0.25) is 5.88 Å². The van der Waals surface area contributed by atoms with Crippen LogP contribution >= 0.6 is 0 Å². The number of aromatic nitrogens is 1. The normalized spacial score (nSPS) is 15.0. The fraction of sp³-hybridized carbons (Fsp3) is 0.480. The van der Waals surface area contributed by atoms with Gasteiger partial charge in [-0.05, 0) is 38.8 Å². The summed E-state index contributed by atoms with van der Waals surface area (Å²) in [5.74, 6) is -2.66. The molecule has 0 amide bonds. The highest BCUT2D eigenvalue weighted by atomic mass is 19.1. The van der Waals surface area contributed by atoms with Crippen molar-refractivity contribution < 1.29 is 27.8 Å². The summed E-state index contributed by atoms with van der Waals surface area (Å²) in [6.07, 6.45) is 3.82. The number of ether oxygens (including phenoxy) is 2. The van der Waals surface area contributed by atoms with E-state index < -0.39 is 35.4 Å². The van der Waals surface area contributed by atoms with Gasteiger partial charge in [0.05, 0.1) is 23.9 Å². The van der Waals surface area contributed by atoms with Crippen molar-refractivity contribution in [3.63, 3.8) is 0 Å². The van der Waals surface area contributed by atoms with E-state index in [0.29, 0.717) is 12.4 Å². The van der Waals surface area contributed by atoms with Crippen LogP contribution in [0, 0.1) is 18.6 Å². The number of hydrogen-bond donors (Lipinski definition) is 0. The quantitative estimate of drug-likeness (QED) is 0.303. The van der Waals surface area contributed by atoms with Crippen LogP contribution in [0.5, 0.6) is 5.88 Å². The number of rotatable bonds is 8. The molecule has 0 aliphatic carbocycles. The van der Waals surface area contributed by atoms with Crippen LogP contribution in [-0.2, 0) is 9.53 Å². The first-order valence-electron chi connectivity index (χ1n) is 11.3. The third-order valence-electron chi connectivity index (χ3n) is 5.01. The number of nitrogens with zero attached hydrogens (tertiary/aromatic N) is 2. The lowest BCUT2D eigenvalue weighted by atomic mass is 10.1. The number of carbonyl (C=O) groups excluding carboxylic acids is 2. The van der Waals surface area contributed by atoms with Gasteiger partial charge >= 0.3 is 5.97 Å². The molecular formula is C25H32F2N2O4. The first-order valence-corrected chi connectivity index (χ1v) is 11.3. The number of pyridine rings is 1. The molecule has 33 heavy (non-hydrogen) atoms. The maximum Gasteiger partial charge on any atom is 0.313 e. The van der Waals surface area contributed by atoms with Crippen molar-refractivity contribution in [1.82, 2.24) is 4.98 Å². The Balaban J connectivity index is 0.00000122. The minimum atomic E-state index is -0.868. The Labute approximate surface area is 193 Å². The zero-order valence-corrected chi connectivity index (χ0v) is 19.7. The number of carbonyl (C=O) groups is 2. The fourth-order valence-electron chi connectivity index (χ4n) is 3.53. The molecule has 6 nitrogen and oxygen atoms in total. The number of aryl methyl sites for hydroxylation is 1. The lowest BCUT2D eigenvalue weighted by Gasteiger charge is -2.27. The van der Waals surface area contributed by atoms with Crippen molar-refractivity contribution in [2.75, 3.05) is 24.7 Å². The molecule has 0 unspecified atom stereocenters. The Morgan fingerprint density at radius 2 is 1.91 bits per heavy atom. The second-order valence-corrected chi connectivity index (χ2v) is 7.82. The maximum absolute atomic E-state index is 14.8. The highest BCUT2D eigenvalue weighted by Crippen LogP contribution is 2.31. The second kappa shape index (κ2) is 12.9. The van der Waals surface area contributed by atoms with Gasteiger partial charge in [0, 0.05) is 24.4 Å². The third-order valence-corrected chi connectivity index (χ3v) is 5.01. The Morgan fingerprint density at radius 1 is 1.18 bits per heavy atom. The standard InChI is InChI=1S/C22H24F2N2O4.C3H8/c1-3-29-21(28)12-20(27)16-10-18(24)19(11-17(16)23)26-9-5-7-15(26)13-30-22-14(2)6-4-8-25-22;1-3-2/h4,6,8,10-11,15H,3,5,7,9,12-13H2,1-2H3;3H2,1-2H3/t15-;/m1./s1. The fourth-order valence-corrected chi connectivity index (χ4v) is 3.53. The summed E-state index contributed by atoms with van der Waals surface area (Å²) in [5.41, 5.74) is 0.508. The number of esters is 1. The van der Waals surface area contributed by atoms with Gasteiger partial charge in [-0.25, -0.2) is 13.8 Å². The predicted octanol–water partition coefficient (Wildman–Crippen LogP) is 5.27. The molecule has 1 atom stereocenters. The van der Waals surface area contributed by atoms with E-state index in [2.05, 4.69) is 18.8 Å². The van der Waals surface area contributed by atoms with Crippen LogP contribution in [-0.4, -0.2) is 42.5 Å². The van der Waals surface area contributed by atoms with Gasteiger partial charge < -0.3 is 14.4 Å². The highest BCUT2D eigenvalue weighted by molar-refractivity contribution is 6.06. The van der Waals surface area contributed by atoms with E-state index in [1.807, 2.05) is 19.1 Å². The molecule has 180 valence electrons. The molecule has 1 aliphatic rings. The van der Waals surface area contributed by atoms with Crippen molar-refractivity contribution >= 4 is 17.4 Å². The summed E-state index contributed by atoms with van der Waals surface area (Å²) in [7, 11) is 0. The number of hydrogen-bond acceptors (Lipinski definition) is 6. The molecule has 0 saturated carbocycles. The SMILES string of the molecule is CCC.CCOC(=O)CC(=O)c1cc(F)c(N2CCC[C@@H]2COc2ncccc2C)cc1F. The minimum absolute atomic E-state index is 0.0732. The highest BCUT2D eigenvalue weighted by Gasteiger charge is 2.29. The lowest BCUT2D eigenvalue weighted by molar-refractivity contribution is -0.141. The summed E-state index contributed by atoms with van der Waals surface area (Å²) in [6.45, 7) is 8.67. The molecular weight excluding hydrogens is 430 g/mol. The zero-order chi connectivity index (χ0) is 24.4. The Morgan fingerprint density at radius 3 is 2.58 bits per heavy atom. The number of benzene rings is 1. The van der Waals surface area contributed by atoms with Crippen LogP contribution in [0.3, 0.4) is 0 Å². The molecule has 0 N–H and O–H groups in total. The number of anilines is 1. The maximum atomic E-state index is 14.8. The summed E-state index contributed by atoms with van der Waals surface area (Å²) >= 11 is 0. The molecule has 1 aromatic heterocycles. The van der Waals surface area contributed by atoms with E-state index >= 15 is 0 Å². The molecule has 0 radical (unpaired) electrons. The monoisotopic (exact) mass is 462 g/mol. The van der Waals surface area contributed by atoms with Crippen LogP contribution in [0.2, 0.25) is 0 Å². The van der Waals surface area contributed by atoms with Crippen LogP contribution in [0.15, 0.2) is 30.5 Å². The third kappa shape index (κ3) is 7.23. The molecule has 2 aromatic rings. The molecule has 2 heterocycles. The van der Waals surface area contributed by atoms with E-state index in [1.165, 1.54) is 6.42 Å². The average Bonchev–Trinajstić information content (AvgIpc) is 3.23. The van der Waals surface area contributed by atoms with Crippen molar-refractivity contribution in [2.45, 2.75) is 59.4 Å². The summed E-state index contributed by atoms with van der Waals surface area (Å²) in [5, 5.41) is 0. The van der Waals surface area contributed by atoms with Crippen LogP contribution in [0.1, 0.15) is 62.4 Å². The van der Waals surface area contributed by atoms with Gasteiger partial charge in [0.1, 0.15) is 24.7 Å². The summed E-state index contributed by atoms with van der Waals surface area (Å²) in [6, 6.07) is 5.41. The van der Waals surface area contributed by atoms with E-state index in [0.717, 1.165) is 30.5 Å². The van der Waals surface area contributed by atoms with Crippen molar-refractivity contribution in [3.05, 3.63) is 53.2 Å². The molecule has 8 heteroatoms. The van der Waals surface area contributed by atoms with Gasteiger partial charge in [0.25, 0.3) is 0 Å². The predicted molar refractivity (Wildman–Crippen MR) is 123 cm³/mol. The largest absolute Gasteiger partial charge is 0.475 e. The van der Waals surface area contributed by atoms with Crippen molar-refractivity contribution in [2.24, 2.45) is 0 Å². The molecule has 1 aliphatic heterocycles. The van der Waals surface area contributed by atoms with Crippen molar-refractivity contribution in [3.8, 4) is 5.88 Å². The van der Waals surface area contributed by atoms with Crippen LogP contribution in [0.4, 0.5) is 14.5 Å². The molecule has 0 spiro atoms. The van der Waals surface area contributed by atoms with Gasteiger partial charge in [-0.15, -0.1) is 0 Å². The van der Waals surface area contributed by atoms with Gasteiger partial charge in [-0.3, -0.25) is 9.59 Å². The van der Waals surface area contributed by atoms with Crippen LogP contribution < -0.4 is 9.64 Å². The van der Waals surface area contributed by atoms with Crippen molar-refractivity contribution in [1.29, 1.82) is 0 Å². The second-order valence-electron chi connectivity index (χ2n) is 7.82. The molecule has 1 saturated heterocycles. The minimum Gasteiger partial charge on any atom is -0.475 e. The molecule has 3 rings (SSSR count). The number of halogens is 2. The van der Waals surface area contributed by atoms with Gasteiger partial charge in [-0.2, -0.15) is 0 Å². The smallest absolute Gasteiger partial charge is 0.313 e. The lowest BCUT2D eigenvalue weighted by Crippen LogP contribution is -2.35. The first-order chi connectivity index (χ1) is 15.8. The summed E-state index contributed by atoms with van der Waals surface area (Å²) in [4.78, 5) is 29.5. The van der Waals surface area contributed by atoms with E-state index in [-0.39, 0.29) is 24.9 Å². The average molecular weight is 463 g/mol. The summed E-state index contributed by atoms with van der Waals surface area (Å²) < 4.78 is 39.9. The van der Waals surface area contributed by atoms with Gasteiger partial charge in [0.15, 0.2) is 5.78 Å². The molecule has 1 aromatic carbocycles. The zero-order valence-electron chi connectivity index (χ0n) is 19.7. The van der Waals surface area contributed by atoms with E-state index in [1.54, 1.807) is 18.0 Å². The molecule has 0 bridgehead atoms. The Bertz CT molecular complexity index is 952. The van der Waals surface area contributed by atoms with Gasteiger partial charge in [-0.1, -0.05) is 26.3 Å². The Hall–Kier alpha value is -3.03. The number of ketones is 1. The first kappa shape index (κ1) is 26.2. The topological polar surface area (TPSA) is 68.7 Å². The van der Waals surface area contributed by atoms with E-state index in [4.69, 9.17) is 9.47 Å². The molecule has 1 fully saturated rings. The Kier molecular flexibility index (Phi) is 10.2. The number of Topliss-reactive ketones (excluding diaryl/α,β-unsaturated/α-hetero) is 1.